The van der Waals surface area contributed by atoms with E-state index in [9.17, 15) is 4.79 Å². The number of hydrogen-bond acceptors (Lipinski definition) is 1. The van der Waals surface area contributed by atoms with Crippen molar-refractivity contribution in [3.05, 3.63) is 58.3 Å². The molecule has 2 rings (SSSR count). The first-order chi connectivity index (χ1) is 7.68. The van der Waals surface area contributed by atoms with Crippen molar-refractivity contribution < 1.29 is 4.79 Å². The highest BCUT2D eigenvalue weighted by Crippen LogP contribution is 2.18. The number of ketones is 1. The molecule has 0 amide bonds. The lowest BCUT2D eigenvalue weighted by atomic mass is 10.2. The summed E-state index contributed by atoms with van der Waals surface area (Å²) in [6.45, 7) is 2.30. The molecule has 0 saturated heterocycles. The number of benzene rings is 1. The van der Waals surface area contributed by atoms with Gasteiger partial charge >= 0.3 is 0 Å². The summed E-state index contributed by atoms with van der Waals surface area (Å²) in [4.78, 5) is 11.4. The molecule has 1 aromatic carbocycles. The van der Waals surface area contributed by atoms with E-state index >= 15 is 0 Å². The van der Waals surface area contributed by atoms with Gasteiger partial charge < -0.3 is 4.57 Å². The molecule has 0 spiro atoms. The molecule has 0 atom stereocenters. The van der Waals surface area contributed by atoms with Crippen LogP contribution in [0.4, 0.5) is 0 Å². The van der Waals surface area contributed by atoms with Crippen LogP contribution in [0.3, 0.4) is 0 Å². The number of rotatable bonds is 3. The second-order valence-electron chi connectivity index (χ2n) is 3.67. The standard InChI is InChI=1S/C13H12BrNO/c1-10(16)13-7-4-8-15(13)9-11-5-2-3-6-12(11)14/h2-8H,9H2,1H3. The topological polar surface area (TPSA) is 22.0 Å². The summed E-state index contributed by atoms with van der Waals surface area (Å²) in [7, 11) is 0. The summed E-state index contributed by atoms with van der Waals surface area (Å²) in [5, 5.41) is 0. The number of halogens is 1. The third-order valence-corrected chi connectivity index (χ3v) is 3.26. The van der Waals surface area contributed by atoms with Crippen LogP contribution in [0.25, 0.3) is 0 Å². The molecular weight excluding hydrogens is 266 g/mol. The lowest BCUT2D eigenvalue weighted by Crippen LogP contribution is -2.06. The van der Waals surface area contributed by atoms with E-state index in [-0.39, 0.29) is 5.78 Å². The molecule has 0 aliphatic carbocycles. The van der Waals surface area contributed by atoms with Gasteiger partial charge in [-0.1, -0.05) is 34.1 Å². The smallest absolute Gasteiger partial charge is 0.176 e. The van der Waals surface area contributed by atoms with Gasteiger partial charge in [-0.05, 0) is 23.8 Å². The normalized spacial score (nSPS) is 10.4. The van der Waals surface area contributed by atoms with Crippen LogP contribution in [0.5, 0.6) is 0 Å². The van der Waals surface area contributed by atoms with Crippen LogP contribution >= 0.6 is 15.9 Å². The lowest BCUT2D eigenvalue weighted by Gasteiger charge is -2.08. The number of nitrogens with zero attached hydrogens (tertiary/aromatic N) is 1. The molecule has 0 N–H and O–H groups in total. The fourth-order valence-electron chi connectivity index (χ4n) is 1.68. The van der Waals surface area contributed by atoms with Crippen LogP contribution in [0.1, 0.15) is 23.0 Å². The van der Waals surface area contributed by atoms with Gasteiger partial charge in [-0.15, -0.1) is 0 Å². The monoisotopic (exact) mass is 277 g/mol. The first-order valence-electron chi connectivity index (χ1n) is 5.08. The number of Topliss-reactive ketones (excluding diaryl/α,β-unsaturated/α-hetero) is 1. The third kappa shape index (κ3) is 2.25. The van der Waals surface area contributed by atoms with E-state index in [4.69, 9.17) is 0 Å². The maximum Gasteiger partial charge on any atom is 0.176 e. The SMILES string of the molecule is CC(=O)c1cccn1Cc1ccccc1Br. The van der Waals surface area contributed by atoms with Gasteiger partial charge in [0.25, 0.3) is 0 Å². The quantitative estimate of drug-likeness (QED) is 0.787. The minimum atomic E-state index is 0.0945. The summed E-state index contributed by atoms with van der Waals surface area (Å²) < 4.78 is 3.03. The molecule has 3 heteroatoms. The van der Waals surface area contributed by atoms with Crippen LogP contribution in [0, 0.1) is 0 Å². The lowest BCUT2D eigenvalue weighted by molar-refractivity contribution is 0.100. The predicted octanol–water partition coefficient (Wildman–Crippen LogP) is 3.50. The van der Waals surface area contributed by atoms with Crippen molar-refractivity contribution in [1.29, 1.82) is 0 Å². The Bertz CT molecular complexity index is 516. The summed E-state index contributed by atoms with van der Waals surface area (Å²) >= 11 is 3.51. The van der Waals surface area contributed by atoms with Gasteiger partial charge in [0.2, 0.25) is 0 Å². The zero-order valence-corrected chi connectivity index (χ0v) is 10.6. The second kappa shape index (κ2) is 4.66. The fraction of sp³-hybridized carbons (Fsp3) is 0.154. The molecule has 82 valence electrons. The van der Waals surface area contributed by atoms with Crippen molar-refractivity contribution >= 4 is 21.7 Å². The van der Waals surface area contributed by atoms with Crippen molar-refractivity contribution in [3.8, 4) is 0 Å². The molecule has 0 bridgehead atoms. The molecule has 0 saturated carbocycles. The first-order valence-corrected chi connectivity index (χ1v) is 5.87. The van der Waals surface area contributed by atoms with Crippen LogP contribution in [0.15, 0.2) is 47.1 Å². The van der Waals surface area contributed by atoms with Crippen LogP contribution in [0.2, 0.25) is 0 Å². The van der Waals surface area contributed by atoms with Crippen molar-refractivity contribution in [2.75, 3.05) is 0 Å². The van der Waals surface area contributed by atoms with Crippen molar-refractivity contribution in [1.82, 2.24) is 4.57 Å². The fourth-order valence-corrected chi connectivity index (χ4v) is 2.09. The highest BCUT2D eigenvalue weighted by Gasteiger charge is 2.07. The van der Waals surface area contributed by atoms with Gasteiger partial charge in [0.15, 0.2) is 5.78 Å². The molecule has 0 radical (unpaired) electrons. The van der Waals surface area contributed by atoms with Gasteiger partial charge in [0, 0.05) is 24.1 Å². The third-order valence-electron chi connectivity index (χ3n) is 2.49. The zero-order chi connectivity index (χ0) is 11.5. The number of aromatic nitrogens is 1. The number of carbonyl (C=O) groups is 1. The highest BCUT2D eigenvalue weighted by molar-refractivity contribution is 9.10. The average molecular weight is 278 g/mol. The van der Waals surface area contributed by atoms with Gasteiger partial charge in [-0.2, -0.15) is 0 Å². The Morgan fingerprint density at radius 2 is 2.00 bits per heavy atom. The van der Waals surface area contributed by atoms with E-state index in [1.54, 1.807) is 6.92 Å². The summed E-state index contributed by atoms with van der Waals surface area (Å²) in [6, 6.07) is 11.8. The van der Waals surface area contributed by atoms with Crippen LogP contribution < -0.4 is 0 Å². The van der Waals surface area contributed by atoms with Gasteiger partial charge in [-0.25, -0.2) is 0 Å². The minimum absolute atomic E-state index is 0.0945. The molecule has 16 heavy (non-hydrogen) atoms. The minimum Gasteiger partial charge on any atom is -0.341 e. The van der Waals surface area contributed by atoms with Crippen molar-refractivity contribution in [2.24, 2.45) is 0 Å². The van der Waals surface area contributed by atoms with Gasteiger partial charge in [-0.3, -0.25) is 4.79 Å². The maximum absolute atomic E-state index is 11.4. The molecule has 0 fully saturated rings. The first kappa shape index (κ1) is 11.1. The summed E-state index contributed by atoms with van der Waals surface area (Å²) in [6.07, 6.45) is 1.93. The van der Waals surface area contributed by atoms with Gasteiger partial charge in [0.1, 0.15) is 0 Å². The Morgan fingerprint density at radius 1 is 1.25 bits per heavy atom. The van der Waals surface area contributed by atoms with E-state index < -0.39 is 0 Å². The van der Waals surface area contributed by atoms with E-state index in [0.29, 0.717) is 6.54 Å². The predicted molar refractivity (Wildman–Crippen MR) is 67.7 cm³/mol. The Labute approximate surface area is 103 Å². The van der Waals surface area contributed by atoms with E-state index in [0.717, 1.165) is 10.2 Å². The Balaban J connectivity index is 2.31. The summed E-state index contributed by atoms with van der Waals surface area (Å²) in [5.74, 6) is 0.0945. The molecule has 0 aliphatic heterocycles. The highest BCUT2D eigenvalue weighted by atomic mass is 79.9. The molecule has 1 heterocycles. The maximum atomic E-state index is 11.4. The van der Waals surface area contributed by atoms with E-state index in [2.05, 4.69) is 15.9 Å². The molecule has 0 unspecified atom stereocenters. The van der Waals surface area contributed by atoms with Gasteiger partial charge in [0.05, 0.1) is 5.69 Å². The molecule has 2 nitrogen and oxygen atoms in total. The average Bonchev–Trinajstić information content (AvgIpc) is 2.69. The molecule has 2 aromatic rings. The zero-order valence-electron chi connectivity index (χ0n) is 8.98. The van der Waals surface area contributed by atoms with Crippen molar-refractivity contribution in [3.63, 3.8) is 0 Å². The molecule has 1 aromatic heterocycles. The largest absolute Gasteiger partial charge is 0.341 e. The molecular formula is C13H12BrNO. The Kier molecular flexibility index (Phi) is 3.25. The Morgan fingerprint density at radius 3 is 2.69 bits per heavy atom. The number of carbonyl (C=O) groups excluding carboxylic acids is 1. The number of hydrogen-bond donors (Lipinski definition) is 0. The van der Waals surface area contributed by atoms with Crippen molar-refractivity contribution in [2.45, 2.75) is 13.5 Å². The van der Waals surface area contributed by atoms with Crippen LogP contribution in [-0.2, 0) is 6.54 Å². The second-order valence-corrected chi connectivity index (χ2v) is 4.52. The summed E-state index contributed by atoms with van der Waals surface area (Å²) in [5.41, 5.74) is 1.91. The van der Waals surface area contributed by atoms with E-state index in [1.165, 1.54) is 5.56 Å². The Hall–Kier alpha value is -1.35. The molecule has 0 aliphatic rings. The van der Waals surface area contributed by atoms with E-state index in [1.807, 2.05) is 47.2 Å². The van der Waals surface area contributed by atoms with Crippen LogP contribution in [-0.4, -0.2) is 10.4 Å².